The molecule has 70 valence electrons. The van der Waals surface area contributed by atoms with E-state index in [1.165, 1.54) is 0 Å². The predicted molar refractivity (Wildman–Crippen MR) is 49.9 cm³/mol. The van der Waals surface area contributed by atoms with Crippen molar-refractivity contribution in [2.75, 3.05) is 0 Å². The summed E-state index contributed by atoms with van der Waals surface area (Å²) in [4.78, 5) is 0.411. The van der Waals surface area contributed by atoms with Gasteiger partial charge in [-0.05, 0) is 24.5 Å². The van der Waals surface area contributed by atoms with E-state index in [2.05, 4.69) is 0 Å². The summed E-state index contributed by atoms with van der Waals surface area (Å²) in [6, 6.07) is 7.06. The zero-order chi connectivity index (χ0) is 9.47. The SMILES string of the molecule is NC1CCc2ccccc2S1(=O)=O. The fraction of sp³-hybridized carbons (Fsp3) is 0.333. The average molecular weight is 197 g/mol. The highest BCUT2D eigenvalue weighted by molar-refractivity contribution is 7.92. The molecule has 2 N–H and O–H groups in total. The molecule has 0 aromatic heterocycles. The summed E-state index contributed by atoms with van der Waals surface area (Å²) in [5.74, 6) is 0. The van der Waals surface area contributed by atoms with Crippen LogP contribution in [0.15, 0.2) is 29.2 Å². The lowest BCUT2D eigenvalue weighted by Gasteiger charge is -2.21. The topological polar surface area (TPSA) is 60.2 Å². The smallest absolute Gasteiger partial charge is 0.194 e. The highest BCUT2D eigenvalue weighted by Crippen LogP contribution is 2.26. The van der Waals surface area contributed by atoms with E-state index in [1.54, 1.807) is 12.1 Å². The van der Waals surface area contributed by atoms with Gasteiger partial charge in [0.05, 0.1) is 4.90 Å². The van der Waals surface area contributed by atoms with E-state index in [0.29, 0.717) is 11.3 Å². The van der Waals surface area contributed by atoms with Crippen molar-refractivity contribution in [3.63, 3.8) is 0 Å². The molecule has 1 atom stereocenters. The third kappa shape index (κ3) is 1.26. The van der Waals surface area contributed by atoms with Crippen molar-refractivity contribution >= 4 is 9.84 Å². The van der Waals surface area contributed by atoms with Gasteiger partial charge in [-0.15, -0.1) is 0 Å². The van der Waals surface area contributed by atoms with E-state index >= 15 is 0 Å². The maximum Gasteiger partial charge on any atom is 0.194 e. The van der Waals surface area contributed by atoms with Crippen molar-refractivity contribution in [3.8, 4) is 0 Å². The van der Waals surface area contributed by atoms with Crippen molar-refractivity contribution < 1.29 is 8.42 Å². The molecule has 13 heavy (non-hydrogen) atoms. The molecule has 1 unspecified atom stereocenters. The summed E-state index contributed by atoms with van der Waals surface area (Å²) < 4.78 is 23.4. The third-order valence-electron chi connectivity index (χ3n) is 2.38. The first-order valence-electron chi connectivity index (χ1n) is 4.20. The second-order valence-electron chi connectivity index (χ2n) is 3.23. The number of rotatable bonds is 0. The molecule has 0 bridgehead atoms. The Morgan fingerprint density at radius 3 is 2.77 bits per heavy atom. The van der Waals surface area contributed by atoms with Gasteiger partial charge in [0.25, 0.3) is 0 Å². The van der Waals surface area contributed by atoms with Gasteiger partial charge in [0.15, 0.2) is 9.84 Å². The first-order chi connectivity index (χ1) is 6.12. The van der Waals surface area contributed by atoms with Crippen LogP contribution in [0.2, 0.25) is 0 Å². The van der Waals surface area contributed by atoms with Crippen LogP contribution in [0.1, 0.15) is 12.0 Å². The molecule has 0 saturated heterocycles. The number of aryl methyl sites for hydroxylation is 1. The molecule has 0 spiro atoms. The first-order valence-corrected chi connectivity index (χ1v) is 5.74. The van der Waals surface area contributed by atoms with Crippen molar-refractivity contribution in [2.45, 2.75) is 23.1 Å². The van der Waals surface area contributed by atoms with E-state index in [4.69, 9.17) is 5.73 Å². The van der Waals surface area contributed by atoms with Crippen molar-refractivity contribution in [2.24, 2.45) is 5.73 Å². The quantitative estimate of drug-likeness (QED) is 0.665. The normalized spacial score (nSPS) is 25.2. The van der Waals surface area contributed by atoms with Gasteiger partial charge in [-0.25, -0.2) is 8.42 Å². The molecule has 1 aromatic rings. The van der Waals surface area contributed by atoms with Gasteiger partial charge >= 0.3 is 0 Å². The van der Waals surface area contributed by atoms with Gasteiger partial charge in [0, 0.05) is 0 Å². The lowest BCUT2D eigenvalue weighted by atomic mass is 10.1. The maximum absolute atomic E-state index is 11.7. The Hall–Kier alpha value is -0.870. The van der Waals surface area contributed by atoms with Crippen LogP contribution in [0.25, 0.3) is 0 Å². The molecule has 1 aromatic carbocycles. The van der Waals surface area contributed by atoms with Crippen LogP contribution in [0, 0.1) is 0 Å². The van der Waals surface area contributed by atoms with E-state index in [0.717, 1.165) is 12.0 Å². The molecular weight excluding hydrogens is 186 g/mol. The molecule has 0 saturated carbocycles. The van der Waals surface area contributed by atoms with Crippen LogP contribution in [0.3, 0.4) is 0 Å². The third-order valence-corrected chi connectivity index (χ3v) is 4.42. The number of benzene rings is 1. The Morgan fingerprint density at radius 1 is 1.31 bits per heavy atom. The highest BCUT2D eigenvalue weighted by atomic mass is 32.2. The summed E-state index contributed by atoms with van der Waals surface area (Å²) in [6.07, 6.45) is 1.29. The number of hydrogen-bond acceptors (Lipinski definition) is 3. The van der Waals surface area contributed by atoms with Crippen molar-refractivity contribution in [3.05, 3.63) is 29.8 Å². The molecular formula is C9H11NO2S. The predicted octanol–water partition coefficient (Wildman–Crippen LogP) is 0.691. The van der Waals surface area contributed by atoms with Gasteiger partial charge in [-0.2, -0.15) is 0 Å². The van der Waals surface area contributed by atoms with Crippen molar-refractivity contribution in [1.82, 2.24) is 0 Å². The van der Waals surface area contributed by atoms with Crippen LogP contribution in [0.5, 0.6) is 0 Å². The number of sulfone groups is 1. The van der Waals surface area contributed by atoms with Crippen LogP contribution in [-0.4, -0.2) is 13.8 Å². The number of nitrogens with two attached hydrogens (primary N) is 1. The molecule has 1 aliphatic rings. The van der Waals surface area contributed by atoms with E-state index in [1.807, 2.05) is 12.1 Å². The molecule has 0 radical (unpaired) electrons. The molecule has 0 fully saturated rings. The molecule has 1 aliphatic heterocycles. The van der Waals surface area contributed by atoms with E-state index in [-0.39, 0.29) is 0 Å². The van der Waals surface area contributed by atoms with Crippen molar-refractivity contribution in [1.29, 1.82) is 0 Å². The van der Waals surface area contributed by atoms with Crippen LogP contribution < -0.4 is 5.73 Å². The summed E-state index contributed by atoms with van der Waals surface area (Å²) in [5, 5.41) is -0.720. The lowest BCUT2D eigenvalue weighted by Crippen LogP contribution is -2.34. The largest absolute Gasteiger partial charge is 0.315 e. The highest BCUT2D eigenvalue weighted by Gasteiger charge is 2.30. The average Bonchev–Trinajstić information content (AvgIpc) is 2.13. The summed E-state index contributed by atoms with van der Waals surface area (Å²) in [7, 11) is -3.24. The summed E-state index contributed by atoms with van der Waals surface area (Å²) in [6.45, 7) is 0. The fourth-order valence-electron chi connectivity index (χ4n) is 1.60. The summed E-state index contributed by atoms with van der Waals surface area (Å²) >= 11 is 0. The minimum Gasteiger partial charge on any atom is -0.315 e. The van der Waals surface area contributed by atoms with E-state index in [9.17, 15) is 8.42 Å². The molecule has 2 rings (SSSR count). The van der Waals surface area contributed by atoms with Gasteiger partial charge < -0.3 is 5.73 Å². The molecule has 3 nitrogen and oxygen atoms in total. The standard InChI is InChI=1S/C9H11NO2S/c10-9-6-5-7-3-1-2-4-8(7)13(9,11)12/h1-4,9H,5-6,10H2. The van der Waals surface area contributed by atoms with Gasteiger partial charge in [-0.1, -0.05) is 18.2 Å². The van der Waals surface area contributed by atoms with Gasteiger partial charge in [0.2, 0.25) is 0 Å². The fourth-order valence-corrected chi connectivity index (χ4v) is 3.16. The Kier molecular flexibility index (Phi) is 1.89. The maximum atomic E-state index is 11.7. The molecule has 4 heteroatoms. The summed E-state index contributed by atoms with van der Waals surface area (Å²) in [5.41, 5.74) is 6.43. The Morgan fingerprint density at radius 2 is 2.00 bits per heavy atom. The Labute approximate surface area is 77.5 Å². The second-order valence-corrected chi connectivity index (χ2v) is 5.37. The monoisotopic (exact) mass is 197 g/mol. The van der Waals surface area contributed by atoms with Crippen LogP contribution >= 0.6 is 0 Å². The molecule has 0 aliphatic carbocycles. The second kappa shape index (κ2) is 2.82. The van der Waals surface area contributed by atoms with Crippen LogP contribution in [0.4, 0.5) is 0 Å². The van der Waals surface area contributed by atoms with E-state index < -0.39 is 15.2 Å². The Bertz CT molecular complexity index is 425. The zero-order valence-electron chi connectivity index (χ0n) is 7.10. The molecule has 0 amide bonds. The lowest BCUT2D eigenvalue weighted by molar-refractivity contribution is 0.562. The number of hydrogen-bond donors (Lipinski definition) is 1. The van der Waals surface area contributed by atoms with Gasteiger partial charge in [-0.3, -0.25) is 0 Å². The Balaban J connectivity index is 2.66. The minimum atomic E-state index is -3.24. The first kappa shape index (κ1) is 8.72. The number of fused-ring (bicyclic) bond motifs is 1. The minimum absolute atomic E-state index is 0.411. The van der Waals surface area contributed by atoms with Gasteiger partial charge in [0.1, 0.15) is 5.37 Å². The zero-order valence-corrected chi connectivity index (χ0v) is 7.92. The molecule has 1 heterocycles. The van der Waals surface area contributed by atoms with Crippen LogP contribution in [-0.2, 0) is 16.3 Å².